The molecule has 1 heteroatoms. The van der Waals surface area contributed by atoms with Crippen molar-refractivity contribution in [2.24, 2.45) is 5.92 Å². The van der Waals surface area contributed by atoms with Crippen LogP contribution in [0, 0.1) is 5.92 Å². The molecule has 2 aromatic rings. The summed E-state index contributed by atoms with van der Waals surface area (Å²) >= 11 is 0. The first-order chi connectivity index (χ1) is 8.77. The largest absolute Gasteiger partial charge is 0.378 e. The molecule has 1 nitrogen and oxygen atoms in total. The summed E-state index contributed by atoms with van der Waals surface area (Å²) in [5.74, 6) is 1.19. The Labute approximate surface area is 109 Å². The Bertz CT molecular complexity index is 532. The van der Waals surface area contributed by atoms with Crippen LogP contribution in [0.3, 0.4) is 0 Å². The molecule has 0 bridgehead atoms. The van der Waals surface area contributed by atoms with Crippen LogP contribution in [0.2, 0.25) is 0 Å². The lowest BCUT2D eigenvalue weighted by Gasteiger charge is -2.37. The van der Waals surface area contributed by atoms with E-state index in [4.69, 9.17) is 0 Å². The van der Waals surface area contributed by atoms with Crippen molar-refractivity contribution in [2.45, 2.75) is 25.8 Å². The zero-order chi connectivity index (χ0) is 12.5. The van der Waals surface area contributed by atoms with Gasteiger partial charge in [-0.1, -0.05) is 62.4 Å². The highest BCUT2D eigenvalue weighted by atomic mass is 14.9. The number of nitrogens with one attached hydrogen (secondary N) is 1. The Balaban J connectivity index is 2.01. The summed E-state index contributed by atoms with van der Waals surface area (Å²) < 4.78 is 0. The van der Waals surface area contributed by atoms with Gasteiger partial charge in [-0.25, -0.2) is 0 Å². The van der Waals surface area contributed by atoms with Gasteiger partial charge in [-0.15, -0.1) is 0 Å². The minimum atomic E-state index is 0.413. The maximum Gasteiger partial charge on any atom is 0.0545 e. The minimum Gasteiger partial charge on any atom is -0.378 e. The fourth-order valence-electron chi connectivity index (χ4n) is 2.94. The van der Waals surface area contributed by atoms with E-state index in [1.807, 2.05) is 0 Å². The first-order valence-corrected chi connectivity index (χ1v) is 6.68. The Morgan fingerprint density at radius 3 is 2.28 bits per heavy atom. The molecule has 18 heavy (non-hydrogen) atoms. The molecule has 0 saturated carbocycles. The lowest BCUT2D eigenvalue weighted by molar-refractivity contribution is 0.410. The summed E-state index contributed by atoms with van der Waals surface area (Å²) in [4.78, 5) is 0. The molecule has 1 aliphatic heterocycles. The average Bonchev–Trinajstić information content (AvgIpc) is 2.44. The number of anilines is 1. The van der Waals surface area contributed by atoms with E-state index in [-0.39, 0.29) is 0 Å². The van der Waals surface area contributed by atoms with Crippen molar-refractivity contribution in [1.29, 1.82) is 0 Å². The molecule has 0 amide bonds. The Morgan fingerprint density at radius 2 is 1.50 bits per heavy atom. The first kappa shape index (κ1) is 11.3. The minimum absolute atomic E-state index is 0.413. The highest BCUT2D eigenvalue weighted by Gasteiger charge is 2.31. The van der Waals surface area contributed by atoms with Crippen molar-refractivity contribution in [3.8, 4) is 0 Å². The van der Waals surface area contributed by atoms with Crippen molar-refractivity contribution in [2.75, 3.05) is 5.32 Å². The summed E-state index contributed by atoms with van der Waals surface area (Å²) in [5, 5.41) is 3.69. The molecule has 3 atom stereocenters. The van der Waals surface area contributed by atoms with E-state index in [0.717, 1.165) is 0 Å². The maximum atomic E-state index is 3.69. The number of hydrogen-bond acceptors (Lipinski definition) is 1. The van der Waals surface area contributed by atoms with Gasteiger partial charge < -0.3 is 5.32 Å². The second-order valence-electron chi connectivity index (χ2n) is 5.27. The third-order valence-electron chi connectivity index (χ3n) is 4.24. The summed E-state index contributed by atoms with van der Waals surface area (Å²) in [7, 11) is 0. The molecule has 0 fully saturated rings. The predicted molar refractivity (Wildman–Crippen MR) is 76.8 cm³/mol. The molecule has 3 unspecified atom stereocenters. The Kier molecular flexibility index (Phi) is 2.83. The van der Waals surface area contributed by atoms with Gasteiger partial charge in [-0.05, 0) is 29.0 Å². The molecule has 0 aromatic heterocycles. The van der Waals surface area contributed by atoms with Crippen LogP contribution < -0.4 is 5.32 Å². The monoisotopic (exact) mass is 237 g/mol. The van der Waals surface area contributed by atoms with E-state index in [1.54, 1.807) is 0 Å². The molecule has 0 aliphatic carbocycles. The van der Waals surface area contributed by atoms with Gasteiger partial charge in [0.1, 0.15) is 0 Å². The van der Waals surface area contributed by atoms with Gasteiger partial charge >= 0.3 is 0 Å². The van der Waals surface area contributed by atoms with Gasteiger partial charge in [0, 0.05) is 5.69 Å². The highest BCUT2D eigenvalue weighted by molar-refractivity contribution is 5.57. The van der Waals surface area contributed by atoms with E-state index >= 15 is 0 Å². The first-order valence-electron chi connectivity index (χ1n) is 6.68. The fourth-order valence-corrected chi connectivity index (χ4v) is 2.94. The van der Waals surface area contributed by atoms with E-state index in [0.29, 0.717) is 17.9 Å². The SMILES string of the molecule is CC1c2ccccc2NC(c2ccccc2)C1C. The Hall–Kier alpha value is -1.76. The number of benzene rings is 2. The molecule has 0 radical (unpaired) electrons. The molecule has 0 saturated heterocycles. The fraction of sp³-hybridized carbons (Fsp3) is 0.294. The third kappa shape index (κ3) is 1.80. The van der Waals surface area contributed by atoms with Crippen LogP contribution in [-0.4, -0.2) is 0 Å². The van der Waals surface area contributed by atoms with E-state index < -0.39 is 0 Å². The van der Waals surface area contributed by atoms with Crippen LogP contribution in [0.4, 0.5) is 5.69 Å². The lowest BCUT2D eigenvalue weighted by atomic mass is 9.77. The second kappa shape index (κ2) is 4.49. The molecule has 1 N–H and O–H groups in total. The van der Waals surface area contributed by atoms with E-state index in [9.17, 15) is 0 Å². The van der Waals surface area contributed by atoms with Crippen LogP contribution in [0.25, 0.3) is 0 Å². The number of para-hydroxylation sites is 1. The van der Waals surface area contributed by atoms with Gasteiger partial charge in [0.05, 0.1) is 6.04 Å². The summed E-state index contributed by atoms with van der Waals surface area (Å²) in [6.07, 6.45) is 0. The zero-order valence-corrected chi connectivity index (χ0v) is 10.9. The number of fused-ring (bicyclic) bond motifs is 1. The molecule has 0 spiro atoms. The average molecular weight is 237 g/mol. The highest BCUT2D eigenvalue weighted by Crippen LogP contribution is 2.43. The quantitative estimate of drug-likeness (QED) is 0.764. The summed E-state index contributed by atoms with van der Waals surface area (Å²) in [6, 6.07) is 19.8. The van der Waals surface area contributed by atoms with Gasteiger partial charge in [0.2, 0.25) is 0 Å². The third-order valence-corrected chi connectivity index (χ3v) is 4.24. The van der Waals surface area contributed by atoms with E-state index in [1.165, 1.54) is 16.8 Å². The topological polar surface area (TPSA) is 12.0 Å². The summed E-state index contributed by atoms with van der Waals surface area (Å²) in [5.41, 5.74) is 4.11. The van der Waals surface area contributed by atoms with Gasteiger partial charge in [-0.3, -0.25) is 0 Å². The van der Waals surface area contributed by atoms with Gasteiger partial charge in [0.25, 0.3) is 0 Å². The van der Waals surface area contributed by atoms with Gasteiger partial charge in [-0.2, -0.15) is 0 Å². The molecule has 3 rings (SSSR count). The molecule has 1 aliphatic rings. The maximum absolute atomic E-state index is 3.69. The molecule has 2 aromatic carbocycles. The normalized spacial score (nSPS) is 26.2. The lowest BCUT2D eigenvalue weighted by Crippen LogP contribution is -2.28. The predicted octanol–water partition coefficient (Wildman–Crippen LogP) is 4.59. The molecular weight excluding hydrogens is 218 g/mol. The van der Waals surface area contributed by atoms with Crippen molar-refractivity contribution in [3.05, 3.63) is 65.7 Å². The van der Waals surface area contributed by atoms with Crippen molar-refractivity contribution >= 4 is 5.69 Å². The van der Waals surface area contributed by atoms with Crippen molar-refractivity contribution in [1.82, 2.24) is 0 Å². The number of rotatable bonds is 1. The van der Waals surface area contributed by atoms with Crippen molar-refractivity contribution < 1.29 is 0 Å². The summed E-state index contributed by atoms with van der Waals surface area (Å²) in [6.45, 7) is 4.67. The second-order valence-corrected chi connectivity index (χ2v) is 5.27. The van der Waals surface area contributed by atoms with Crippen molar-refractivity contribution in [3.63, 3.8) is 0 Å². The number of hydrogen-bond donors (Lipinski definition) is 1. The molecular formula is C17H19N. The zero-order valence-electron chi connectivity index (χ0n) is 10.9. The molecule has 92 valence electrons. The molecule has 1 heterocycles. The van der Waals surface area contributed by atoms with Gasteiger partial charge in [0.15, 0.2) is 0 Å². The van der Waals surface area contributed by atoms with Crippen LogP contribution >= 0.6 is 0 Å². The van der Waals surface area contributed by atoms with Crippen LogP contribution in [-0.2, 0) is 0 Å². The van der Waals surface area contributed by atoms with Crippen LogP contribution in [0.5, 0.6) is 0 Å². The van der Waals surface area contributed by atoms with E-state index in [2.05, 4.69) is 73.8 Å². The Morgan fingerprint density at radius 1 is 0.833 bits per heavy atom. The van der Waals surface area contributed by atoms with Crippen LogP contribution in [0.15, 0.2) is 54.6 Å². The van der Waals surface area contributed by atoms with Crippen LogP contribution in [0.1, 0.15) is 36.9 Å². The smallest absolute Gasteiger partial charge is 0.0545 e. The standard InChI is InChI=1S/C17H19N/c1-12-13(2)17(14-8-4-3-5-9-14)18-16-11-7-6-10-15(12)16/h3-13,17-18H,1-2H3.